The van der Waals surface area contributed by atoms with Gasteiger partial charge >= 0.3 is 16.3 Å². The van der Waals surface area contributed by atoms with Crippen LogP contribution in [-0.4, -0.2) is 19.6 Å². The Morgan fingerprint density at radius 2 is 1.88 bits per heavy atom. The fourth-order valence-electron chi connectivity index (χ4n) is 0.965. The molecule has 0 aromatic heterocycles. The lowest BCUT2D eigenvalue weighted by molar-refractivity contribution is 0.201. The van der Waals surface area contributed by atoms with E-state index in [0.717, 1.165) is 0 Å². The van der Waals surface area contributed by atoms with Crippen molar-refractivity contribution in [2.75, 3.05) is 5.73 Å². The summed E-state index contributed by atoms with van der Waals surface area (Å²) in [6, 6.07) is 6.51. The first-order valence-corrected chi connectivity index (χ1v) is 5.72. The maximum Gasteiger partial charge on any atom is 0.419 e. The molecule has 8 heteroatoms. The molecule has 0 spiro atoms. The van der Waals surface area contributed by atoms with Crippen molar-refractivity contribution in [3.8, 4) is 0 Å². The number of hydrogen-bond donors (Lipinski definition) is 4. The summed E-state index contributed by atoms with van der Waals surface area (Å²) in [4.78, 5) is 10.1. The number of nitrogens with two attached hydrogens (primary N) is 1. The number of nitrogen functional groups attached to an aromatic ring is 1. The molecule has 0 radical (unpaired) electrons. The summed E-state index contributed by atoms with van der Waals surface area (Å²) in [5.41, 5.74) is 6.68. The van der Waals surface area contributed by atoms with Crippen molar-refractivity contribution >= 4 is 22.0 Å². The van der Waals surface area contributed by atoms with Gasteiger partial charge in [0, 0.05) is 12.2 Å². The number of hydrogen-bond acceptors (Lipinski definition) is 4. The minimum atomic E-state index is -4.02. The van der Waals surface area contributed by atoms with E-state index in [4.69, 9.17) is 10.8 Å². The summed E-state index contributed by atoms with van der Waals surface area (Å²) < 4.78 is 25.5. The highest BCUT2D eigenvalue weighted by atomic mass is 32.2. The van der Waals surface area contributed by atoms with Crippen LogP contribution in [0.15, 0.2) is 24.3 Å². The molecule has 0 atom stereocenters. The van der Waals surface area contributed by atoms with Gasteiger partial charge in [0.1, 0.15) is 0 Å². The minimum Gasteiger partial charge on any atom is -0.464 e. The van der Waals surface area contributed by atoms with Gasteiger partial charge in [-0.15, -0.1) is 0 Å². The molecule has 0 saturated heterocycles. The molecule has 5 N–H and O–H groups in total. The van der Waals surface area contributed by atoms with Crippen molar-refractivity contribution < 1.29 is 18.3 Å². The molecule has 0 fully saturated rings. The molecule has 88 valence electrons. The Morgan fingerprint density at radius 1 is 1.31 bits per heavy atom. The van der Waals surface area contributed by atoms with E-state index in [1.165, 1.54) is 4.72 Å². The third-order valence-electron chi connectivity index (χ3n) is 1.67. The first kappa shape index (κ1) is 12.3. The van der Waals surface area contributed by atoms with Crippen molar-refractivity contribution in [3.05, 3.63) is 29.8 Å². The standard InChI is InChI=1S/C8H11N3O4S/c9-7-3-1-6(2-4-7)5-10-16(14,15)11-8(12)13/h1-4,10-11H,5,9H2,(H,12,13). The lowest BCUT2D eigenvalue weighted by Crippen LogP contribution is -2.39. The molecule has 1 amide bonds. The van der Waals surface area contributed by atoms with E-state index >= 15 is 0 Å². The number of benzene rings is 1. The molecule has 0 aliphatic rings. The predicted octanol–water partition coefficient (Wildman–Crippen LogP) is -0.129. The zero-order valence-corrected chi connectivity index (χ0v) is 8.99. The molecule has 0 heterocycles. The Kier molecular flexibility index (Phi) is 3.69. The first-order chi connectivity index (χ1) is 7.39. The van der Waals surface area contributed by atoms with E-state index < -0.39 is 16.3 Å². The minimum absolute atomic E-state index is 0.0110. The van der Waals surface area contributed by atoms with Gasteiger partial charge in [0.05, 0.1) is 0 Å². The lowest BCUT2D eigenvalue weighted by atomic mass is 10.2. The van der Waals surface area contributed by atoms with E-state index in [0.29, 0.717) is 11.3 Å². The van der Waals surface area contributed by atoms with Crippen LogP contribution in [-0.2, 0) is 16.8 Å². The number of carboxylic acid groups (broad SMARTS) is 1. The fourth-order valence-corrected chi connectivity index (χ4v) is 1.62. The summed E-state index contributed by atoms with van der Waals surface area (Å²) >= 11 is 0. The molecule has 7 nitrogen and oxygen atoms in total. The number of anilines is 1. The van der Waals surface area contributed by atoms with Crippen LogP contribution in [0.5, 0.6) is 0 Å². The smallest absolute Gasteiger partial charge is 0.419 e. The van der Waals surface area contributed by atoms with Crippen molar-refractivity contribution in [2.24, 2.45) is 0 Å². The Bertz CT molecular complexity index is 469. The monoisotopic (exact) mass is 245 g/mol. The van der Waals surface area contributed by atoms with E-state index in [9.17, 15) is 13.2 Å². The van der Waals surface area contributed by atoms with E-state index in [2.05, 4.69) is 4.72 Å². The molecule has 0 aliphatic carbocycles. The molecule has 1 rings (SSSR count). The lowest BCUT2D eigenvalue weighted by Gasteiger charge is -2.05. The summed E-state index contributed by atoms with van der Waals surface area (Å²) in [7, 11) is -4.02. The molecule has 1 aromatic carbocycles. The normalized spacial score (nSPS) is 11.0. The maximum absolute atomic E-state index is 11.1. The van der Waals surface area contributed by atoms with Gasteiger partial charge in [0.2, 0.25) is 0 Å². The highest BCUT2D eigenvalue weighted by Crippen LogP contribution is 2.04. The van der Waals surface area contributed by atoms with Crippen LogP contribution < -0.4 is 15.2 Å². The summed E-state index contributed by atoms with van der Waals surface area (Å²) in [6.07, 6.45) is -1.63. The topological polar surface area (TPSA) is 122 Å². The van der Waals surface area contributed by atoms with E-state index in [1.54, 1.807) is 24.3 Å². The Balaban J connectivity index is 2.58. The van der Waals surface area contributed by atoms with Crippen LogP contribution in [0.25, 0.3) is 0 Å². The average molecular weight is 245 g/mol. The zero-order valence-electron chi connectivity index (χ0n) is 8.17. The van der Waals surface area contributed by atoms with Crippen molar-refractivity contribution in [3.63, 3.8) is 0 Å². The van der Waals surface area contributed by atoms with Crippen LogP contribution in [0.4, 0.5) is 10.5 Å². The second-order valence-electron chi connectivity index (χ2n) is 2.97. The largest absolute Gasteiger partial charge is 0.464 e. The van der Waals surface area contributed by atoms with Gasteiger partial charge in [-0.05, 0) is 17.7 Å². The number of amides is 1. The number of rotatable bonds is 4. The summed E-state index contributed by atoms with van der Waals surface area (Å²) in [5.74, 6) is 0. The number of carbonyl (C=O) groups is 1. The van der Waals surface area contributed by atoms with Gasteiger partial charge in [0.25, 0.3) is 0 Å². The van der Waals surface area contributed by atoms with Gasteiger partial charge in [0.15, 0.2) is 0 Å². The van der Waals surface area contributed by atoms with Crippen LogP contribution in [0, 0.1) is 0 Å². The first-order valence-electron chi connectivity index (χ1n) is 4.24. The van der Waals surface area contributed by atoms with Crippen LogP contribution in [0.3, 0.4) is 0 Å². The molecule has 0 unspecified atom stereocenters. The highest BCUT2D eigenvalue weighted by Gasteiger charge is 2.11. The van der Waals surface area contributed by atoms with E-state index in [-0.39, 0.29) is 6.54 Å². The second-order valence-corrected chi connectivity index (χ2v) is 4.47. The molecule has 1 aromatic rings. The molecule has 0 bridgehead atoms. The van der Waals surface area contributed by atoms with Crippen LogP contribution in [0.2, 0.25) is 0 Å². The maximum atomic E-state index is 11.1. The average Bonchev–Trinajstić information content (AvgIpc) is 2.15. The zero-order chi connectivity index (χ0) is 12.2. The molecular weight excluding hydrogens is 234 g/mol. The molecule has 0 aliphatic heterocycles. The fraction of sp³-hybridized carbons (Fsp3) is 0.125. The quantitative estimate of drug-likeness (QED) is 0.550. The van der Waals surface area contributed by atoms with Crippen molar-refractivity contribution in [2.45, 2.75) is 6.54 Å². The van der Waals surface area contributed by atoms with Gasteiger partial charge in [-0.1, -0.05) is 12.1 Å². The Morgan fingerprint density at radius 3 is 2.38 bits per heavy atom. The SMILES string of the molecule is Nc1ccc(CNS(=O)(=O)NC(=O)O)cc1. The third-order valence-corrected chi connectivity index (χ3v) is 2.64. The molecule has 16 heavy (non-hydrogen) atoms. The van der Waals surface area contributed by atoms with Crippen molar-refractivity contribution in [1.82, 2.24) is 9.44 Å². The van der Waals surface area contributed by atoms with Crippen LogP contribution >= 0.6 is 0 Å². The summed E-state index contributed by atoms with van der Waals surface area (Å²) in [6.45, 7) is -0.0110. The van der Waals surface area contributed by atoms with E-state index in [1.807, 2.05) is 0 Å². The van der Waals surface area contributed by atoms with Gasteiger partial charge in [-0.25, -0.2) is 9.52 Å². The Labute approximate surface area is 92.5 Å². The molecular formula is C8H11N3O4S. The van der Waals surface area contributed by atoms with Crippen molar-refractivity contribution in [1.29, 1.82) is 0 Å². The van der Waals surface area contributed by atoms with Crippen LogP contribution in [0.1, 0.15) is 5.56 Å². The third kappa shape index (κ3) is 4.15. The second kappa shape index (κ2) is 4.81. The highest BCUT2D eigenvalue weighted by molar-refractivity contribution is 7.88. The van der Waals surface area contributed by atoms with Gasteiger partial charge < -0.3 is 10.8 Å². The number of nitrogens with one attached hydrogen (secondary N) is 2. The molecule has 0 saturated carbocycles. The predicted molar refractivity (Wildman–Crippen MR) is 57.8 cm³/mol. The van der Waals surface area contributed by atoms with Gasteiger partial charge in [-0.2, -0.15) is 13.1 Å². The van der Waals surface area contributed by atoms with Gasteiger partial charge in [-0.3, -0.25) is 0 Å². The summed E-state index contributed by atoms with van der Waals surface area (Å²) in [5, 5.41) is 8.24. The Hall–Kier alpha value is -1.80.